The number of methoxy groups -OCH3 is 1. The molecule has 0 aliphatic heterocycles. The van der Waals surface area contributed by atoms with Crippen LogP contribution in [0.4, 0.5) is 0 Å². The van der Waals surface area contributed by atoms with Gasteiger partial charge in [-0.1, -0.05) is 32.0 Å². The first-order chi connectivity index (χ1) is 11.9. The largest absolute Gasteiger partial charge is 0.480 e. The third kappa shape index (κ3) is 4.93. The van der Waals surface area contributed by atoms with E-state index < -0.39 is 18.0 Å². The van der Waals surface area contributed by atoms with Crippen LogP contribution in [0.5, 0.6) is 0 Å². The van der Waals surface area contributed by atoms with Crippen molar-refractivity contribution in [3.63, 3.8) is 0 Å². The van der Waals surface area contributed by atoms with Crippen LogP contribution >= 0.6 is 0 Å². The summed E-state index contributed by atoms with van der Waals surface area (Å²) >= 11 is 0. The van der Waals surface area contributed by atoms with Crippen molar-refractivity contribution in [2.45, 2.75) is 32.9 Å². The molecule has 1 heterocycles. The number of carboxylic acids is 1. The van der Waals surface area contributed by atoms with Crippen LogP contribution in [0.25, 0.3) is 11.3 Å². The summed E-state index contributed by atoms with van der Waals surface area (Å²) in [4.78, 5) is 23.2. The fraction of sp³-hybridized carbons (Fsp3) is 0.368. The SMILES string of the molecule is COC(=O)c1ccccc1-c1ccc(CN[C@@H](CC(C)C)C(=O)O)o1. The molecule has 1 aromatic carbocycles. The van der Waals surface area contributed by atoms with Gasteiger partial charge in [0.2, 0.25) is 0 Å². The number of hydrogen-bond acceptors (Lipinski definition) is 5. The van der Waals surface area contributed by atoms with Crippen LogP contribution in [0.1, 0.15) is 36.4 Å². The van der Waals surface area contributed by atoms with E-state index in [1.807, 2.05) is 19.9 Å². The summed E-state index contributed by atoms with van der Waals surface area (Å²) in [5.41, 5.74) is 1.06. The Balaban J connectivity index is 2.13. The fourth-order valence-electron chi connectivity index (χ4n) is 2.57. The van der Waals surface area contributed by atoms with E-state index in [0.717, 1.165) is 0 Å². The number of hydrogen-bond donors (Lipinski definition) is 2. The topological polar surface area (TPSA) is 88.8 Å². The standard InChI is InChI=1S/C19H23NO5/c1-12(2)10-16(18(21)22)20-11-13-8-9-17(25-13)14-6-4-5-7-15(14)19(23)24-3/h4-9,12,16,20H,10-11H2,1-3H3,(H,21,22)/t16-/m0/s1. The summed E-state index contributed by atoms with van der Waals surface area (Å²) in [5, 5.41) is 12.3. The van der Waals surface area contributed by atoms with Gasteiger partial charge in [-0.3, -0.25) is 10.1 Å². The highest BCUT2D eigenvalue weighted by molar-refractivity contribution is 5.96. The maximum atomic E-state index is 11.9. The van der Waals surface area contributed by atoms with E-state index in [9.17, 15) is 14.7 Å². The van der Waals surface area contributed by atoms with Gasteiger partial charge in [-0.25, -0.2) is 4.79 Å². The van der Waals surface area contributed by atoms with Gasteiger partial charge in [0.05, 0.1) is 19.2 Å². The number of benzene rings is 1. The lowest BCUT2D eigenvalue weighted by Gasteiger charge is -2.15. The van der Waals surface area contributed by atoms with Gasteiger partial charge in [-0.15, -0.1) is 0 Å². The second-order valence-electron chi connectivity index (χ2n) is 6.20. The number of nitrogens with one attached hydrogen (secondary N) is 1. The average molecular weight is 345 g/mol. The number of carbonyl (C=O) groups is 2. The van der Waals surface area contributed by atoms with Gasteiger partial charge in [0.15, 0.2) is 0 Å². The molecule has 0 aliphatic rings. The molecule has 0 fully saturated rings. The Morgan fingerprint density at radius 3 is 2.56 bits per heavy atom. The molecule has 2 aromatic rings. The van der Waals surface area contributed by atoms with Crippen LogP contribution in [-0.4, -0.2) is 30.2 Å². The molecular formula is C19H23NO5. The summed E-state index contributed by atoms with van der Waals surface area (Å²) in [5.74, 6) is 0.0944. The first-order valence-corrected chi connectivity index (χ1v) is 8.15. The molecule has 2 N–H and O–H groups in total. The third-order valence-corrected chi connectivity index (χ3v) is 3.79. The van der Waals surface area contributed by atoms with Gasteiger partial charge in [-0.05, 0) is 30.5 Å². The highest BCUT2D eigenvalue weighted by Gasteiger charge is 2.19. The Morgan fingerprint density at radius 1 is 1.20 bits per heavy atom. The fourth-order valence-corrected chi connectivity index (χ4v) is 2.57. The lowest BCUT2D eigenvalue weighted by atomic mass is 10.0. The maximum Gasteiger partial charge on any atom is 0.338 e. The zero-order chi connectivity index (χ0) is 18.4. The Hall–Kier alpha value is -2.60. The molecule has 0 amide bonds. The minimum Gasteiger partial charge on any atom is -0.480 e. The zero-order valence-electron chi connectivity index (χ0n) is 14.6. The minimum atomic E-state index is -0.878. The van der Waals surface area contributed by atoms with Gasteiger partial charge in [0.1, 0.15) is 17.6 Å². The number of furan rings is 1. The normalized spacial score (nSPS) is 12.2. The Bertz CT molecular complexity index is 735. The van der Waals surface area contributed by atoms with Crippen LogP contribution in [0.15, 0.2) is 40.8 Å². The zero-order valence-corrected chi connectivity index (χ0v) is 14.6. The quantitative estimate of drug-likeness (QED) is 0.714. The number of ether oxygens (including phenoxy) is 1. The van der Waals surface area contributed by atoms with Crippen molar-refractivity contribution >= 4 is 11.9 Å². The van der Waals surface area contributed by atoms with Gasteiger partial charge in [0.25, 0.3) is 0 Å². The molecule has 0 unspecified atom stereocenters. The lowest BCUT2D eigenvalue weighted by molar-refractivity contribution is -0.140. The Labute approximate surface area is 146 Å². The molecule has 134 valence electrons. The third-order valence-electron chi connectivity index (χ3n) is 3.79. The molecule has 0 radical (unpaired) electrons. The molecule has 0 aliphatic carbocycles. The van der Waals surface area contributed by atoms with Crippen molar-refractivity contribution < 1.29 is 23.8 Å². The second kappa shape index (κ2) is 8.48. The van der Waals surface area contributed by atoms with Crippen molar-refractivity contribution in [2.75, 3.05) is 7.11 Å². The molecule has 6 nitrogen and oxygen atoms in total. The summed E-state index contributed by atoms with van der Waals surface area (Å²) < 4.78 is 10.6. The molecule has 0 saturated heterocycles. The monoisotopic (exact) mass is 345 g/mol. The lowest BCUT2D eigenvalue weighted by Crippen LogP contribution is -2.37. The smallest absolute Gasteiger partial charge is 0.338 e. The number of esters is 1. The molecule has 2 rings (SSSR count). The summed E-state index contributed by atoms with van der Waals surface area (Å²) in [6.07, 6.45) is 0.536. The van der Waals surface area contributed by atoms with Gasteiger partial charge >= 0.3 is 11.9 Å². The average Bonchev–Trinajstić information content (AvgIpc) is 3.06. The highest BCUT2D eigenvalue weighted by Crippen LogP contribution is 2.26. The van der Waals surface area contributed by atoms with Crippen LogP contribution in [-0.2, 0) is 16.1 Å². The summed E-state index contributed by atoms with van der Waals surface area (Å²) in [7, 11) is 1.33. The predicted molar refractivity (Wildman–Crippen MR) is 93.2 cm³/mol. The van der Waals surface area contributed by atoms with Crippen LogP contribution in [0, 0.1) is 5.92 Å². The molecular weight excluding hydrogens is 322 g/mol. The van der Waals surface area contributed by atoms with Crippen LogP contribution in [0.2, 0.25) is 0 Å². The Morgan fingerprint density at radius 2 is 1.92 bits per heavy atom. The van der Waals surface area contributed by atoms with E-state index in [2.05, 4.69) is 5.32 Å². The van der Waals surface area contributed by atoms with Crippen molar-refractivity contribution in [1.29, 1.82) is 0 Å². The highest BCUT2D eigenvalue weighted by atomic mass is 16.5. The molecule has 0 saturated carbocycles. The molecule has 6 heteroatoms. The molecule has 25 heavy (non-hydrogen) atoms. The summed E-state index contributed by atoms with van der Waals surface area (Å²) in [6.45, 7) is 4.25. The predicted octanol–water partition coefficient (Wildman–Crippen LogP) is 3.32. The number of aliphatic carboxylic acids is 1. The number of carbonyl (C=O) groups excluding carboxylic acids is 1. The summed E-state index contributed by atoms with van der Waals surface area (Å²) in [6, 6.07) is 9.92. The molecule has 0 spiro atoms. The van der Waals surface area contributed by atoms with Gasteiger partial charge in [-0.2, -0.15) is 0 Å². The molecule has 1 atom stereocenters. The number of rotatable bonds is 8. The van der Waals surface area contributed by atoms with Crippen molar-refractivity contribution in [1.82, 2.24) is 5.32 Å². The first-order valence-electron chi connectivity index (χ1n) is 8.15. The Kier molecular flexibility index (Phi) is 6.36. The minimum absolute atomic E-state index is 0.271. The number of carboxylic acid groups (broad SMARTS) is 1. The van der Waals surface area contributed by atoms with Crippen LogP contribution in [0.3, 0.4) is 0 Å². The van der Waals surface area contributed by atoms with E-state index in [0.29, 0.717) is 35.6 Å². The molecule has 1 aromatic heterocycles. The first kappa shape index (κ1) is 18.7. The van der Waals surface area contributed by atoms with E-state index in [4.69, 9.17) is 9.15 Å². The van der Waals surface area contributed by atoms with E-state index >= 15 is 0 Å². The maximum absolute atomic E-state index is 11.9. The van der Waals surface area contributed by atoms with Crippen LogP contribution < -0.4 is 5.32 Å². The second-order valence-corrected chi connectivity index (χ2v) is 6.20. The van der Waals surface area contributed by atoms with Crippen molar-refractivity contribution in [3.05, 3.63) is 47.7 Å². The van der Waals surface area contributed by atoms with Crippen molar-refractivity contribution in [2.24, 2.45) is 5.92 Å². The van der Waals surface area contributed by atoms with Gasteiger partial charge in [0, 0.05) is 5.56 Å². The van der Waals surface area contributed by atoms with Crippen molar-refractivity contribution in [3.8, 4) is 11.3 Å². The van der Waals surface area contributed by atoms with E-state index in [1.165, 1.54) is 7.11 Å². The van der Waals surface area contributed by atoms with E-state index in [-0.39, 0.29) is 5.92 Å². The molecule has 0 bridgehead atoms. The van der Waals surface area contributed by atoms with Gasteiger partial charge < -0.3 is 14.3 Å². The van der Waals surface area contributed by atoms with E-state index in [1.54, 1.807) is 30.3 Å².